The zero-order chi connectivity index (χ0) is 12.0. The number of alkyl halides is 2. The topological polar surface area (TPSA) is 21.3 Å². The van der Waals surface area contributed by atoms with Crippen molar-refractivity contribution < 1.29 is 13.5 Å². The van der Waals surface area contributed by atoms with Gasteiger partial charge in [0.05, 0.1) is 13.2 Å². The molecule has 1 N–H and O–H groups in total. The van der Waals surface area contributed by atoms with E-state index < -0.39 is 5.92 Å². The lowest BCUT2D eigenvalue weighted by atomic mass is 10.1. The highest BCUT2D eigenvalue weighted by atomic mass is 79.9. The first kappa shape index (κ1) is 13.5. The first-order valence-corrected chi connectivity index (χ1v) is 5.69. The molecule has 0 saturated carbocycles. The lowest BCUT2D eigenvalue weighted by Gasteiger charge is -2.18. The molecule has 0 atom stereocenters. The summed E-state index contributed by atoms with van der Waals surface area (Å²) in [6.45, 7) is 0.446. The molecule has 1 aromatic rings. The van der Waals surface area contributed by atoms with Crippen molar-refractivity contribution in [3.8, 4) is 0 Å². The first-order chi connectivity index (χ1) is 7.58. The molecule has 0 heterocycles. The van der Waals surface area contributed by atoms with Gasteiger partial charge in [-0.3, -0.25) is 0 Å². The van der Waals surface area contributed by atoms with Crippen molar-refractivity contribution in [3.63, 3.8) is 0 Å². The standard InChI is InChI=1S/C11H14BrF2NO/c1-16-7-6-15-8-11(13,14)9-4-2-3-5-10(9)12/h2-5,15H,6-8H2,1H3. The number of nitrogens with one attached hydrogen (secondary N) is 1. The average molecular weight is 294 g/mol. The molecule has 0 aliphatic rings. The summed E-state index contributed by atoms with van der Waals surface area (Å²) in [6.07, 6.45) is 0. The van der Waals surface area contributed by atoms with Gasteiger partial charge in [-0.15, -0.1) is 0 Å². The predicted octanol–water partition coefficient (Wildman–Crippen LogP) is 2.78. The number of halogens is 3. The molecule has 90 valence electrons. The van der Waals surface area contributed by atoms with E-state index in [9.17, 15) is 8.78 Å². The molecular formula is C11H14BrF2NO. The summed E-state index contributed by atoms with van der Waals surface area (Å²) in [7, 11) is 1.54. The minimum absolute atomic E-state index is 0.0000770. The molecule has 5 heteroatoms. The number of hydrogen-bond donors (Lipinski definition) is 1. The molecule has 0 radical (unpaired) electrons. The lowest BCUT2D eigenvalue weighted by molar-refractivity contribution is -0.00486. The SMILES string of the molecule is COCCNCC(F)(F)c1ccccc1Br. The Morgan fingerprint density at radius 2 is 2.06 bits per heavy atom. The van der Waals surface area contributed by atoms with E-state index >= 15 is 0 Å². The molecule has 0 amide bonds. The molecule has 1 aromatic carbocycles. The molecule has 0 aliphatic carbocycles. The maximum absolute atomic E-state index is 13.7. The minimum atomic E-state index is -2.88. The van der Waals surface area contributed by atoms with Crippen LogP contribution >= 0.6 is 15.9 Å². The van der Waals surface area contributed by atoms with E-state index in [1.807, 2.05) is 0 Å². The van der Waals surface area contributed by atoms with Gasteiger partial charge in [-0.1, -0.05) is 34.1 Å². The van der Waals surface area contributed by atoms with Crippen molar-refractivity contribution in [2.75, 3.05) is 26.8 Å². The largest absolute Gasteiger partial charge is 0.383 e. The van der Waals surface area contributed by atoms with E-state index in [2.05, 4.69) is 21.2 Å². The van der Waals surface area contributed by atoms with Gasteiger partial charge in [-0.2, -0.15) is 8.78 Å². The molecule has 0 bridgehead atoms. The van der Waals surface area contributed by atoms with Crippen LogP contribution in [0.5, 0.6) is 0 Å². The van der Waals surface area contributed by atoms with Crippen molar-refractivity contribution >= 4 is 15.9 Å². The molecule has 16 heavy (non-hydrogen) atoms. The molecule has 0 aromatic heterocycles. The van der Waals surface area contributed by atoms with E-state index in [1.54, 1.807) is 18.2 Å². The normalized spacial score (nSPS) is 11.8. The van der Waals surface area contributed by atoms with Crippen LogP contribution in [0, 0.1) is 0 Å². The van der Waals surface area contributed by atoms with Gasteiger partial charge in [0.2, 0.25) is 0 Å². The summed E-state index contributed by atoms with van der Waals surface area (Å²) in [5.41, 5.74) is -0.0000770. The Hall–Kier alpha value is -0.520. The molecule has 2 nitrogen and oxygen atoms in total. The number of rotatable bonds is 6. The Labute approximate surface area is 102 Å². The fourth-order valence-corrected chi connectivity index (χ4v) is 1.85. The van der Waals surface area contributed by atoms with Gasteiger partial charge >= 0.3 is 0 Å². The second-order valence-corrected chi connectivity index (χ2v) is 4.21. The Bertz CT molecular complexity index is 334. The number of hydrogen-bond acceptors (Lipinski definition) is 2. The van der Waals surface area contributed by atoms with Gasteiger partial charge in [0.25, 0.3) is 5.92 Å². The van der Waals surface area contributed by atoms with Crippen molar-refractivity contribution in [2.24, 2.45) is 0 Å². The van der Waals surface area contributed by atoms with E-state index in [0.29, 0.717) is 17.6 Å². The Balaban J connectivity index is 2.59. The fraction of sp³-hybridized carbons (Fsp3) is 0.455. The molecular weight excluding hydrogens is 280 g/mol. The molecule has 0 fully saturated rings. The minimum Gasteiger partial charge on any atom is -0.383 e. The zero-order valence-corrected chi connectivity index (χ0v) is 10.6. The summed E-state index contributed by atoms with van der Waals surface area (Å²) in [4.78, 5) is 0. The van der Waals surface area contributed by atoms with E-state index in [-0.39, 0.29) is 12.1 Å². The molecule has 0 unspecified atom stereocenters. The van der Waals surface area contributed by atoms with Gasteiger partial charge < -0.3 is 10.1 Å². The summed E-state index contributed by atoms with van der Waals surface area (Å²) in [6, 6.07) is 6.34. The Morgan fingerprint density at radius 1 is 1.38 bits per heavy atom. The van der Waals surface area contributed by atoms with Crippen LogP contribution in [0.4, 0.5) is 8.78 Å². The van der Waals surface area contributed by atoms with Crippen LogP contribution in [-0.4, -0.2) is 26.8 Å². The molecule has 0 saturated heterocycles. The van der Waals surface area contributed by atoms with E-state index in [4.69, 9.17) is 4.74 Å². The maximum atomic E-state index is 13.7. The zero-order valence-electron chi connectivity index (χ0n) is 8.97. The van der Waals surface area contributed by atoms with E-state index in [0.717, 1.165) is 0 Å². The molecule has 1 rings (SSSR count). The highest BCUT2D eigenvalue weighted by molar-refractivity contribution is 9.10. The fourth-order valence-electron chi connectivity index (χ4n) is 1.27. The summed E-state index contributed by atoms with van der Waals surface area (Å²) >= 11 is 3.12. The van der Waals surface area contributed by atoms with Crippen LogP contribution in [0.15, 0.2) is 28.7 Å². The predicted molar refractivity (Wildman–Crippen MR) is 62.8 cm³/mol. The van der Waals surface area contributed by atoms with E-state index in [1.165, 1.54) is 13.2 Å². The second-order valence-electron chi connectivity index (χ2n) is 3.35. The van der Waals surface area contributed by atoms with Gasteiger partial charge in [0, 0.05) is 23.7 Å². The number of ether oxygens (including phenoxy) is 1. The van der Waals surface area contributed by atoms with Crippen LogP contribution in [0.1, 0.15) is 5.56 Å². The van der Waals surface area contributed by atoms with Crippen LogP contribution in [0.2, 0.25) is 0 Å². The van der Waals surface area contributed by atoms with Crippen molar-refractivity contribution in [3.05, 3.63) is 34.3 Å². The monoisotopic (exact) mass is 293 g/mol. The van der Waals surface area contributed by atoms with Gasteiger partial charge in [-0.25, -0.2) is 0 Å². The Kier molecular flexibility index (Phi) is 5.31. The van der Waals surface area contributed by atoms with Gasteiger partial charge in [0.15, 0.2) is 0 Å². The third-order valence-electron chi connectivity index (χ3n) is 2.10. The smallest absolute Gasteiger partial charge is 0.286 e. The van der Waals surface area contributed by atoms with Gasteiger partial charge in [0.1, 0.15) is 0 Å². The van der Waals surface area contributed by atoms with Crippen LogP contribution < -0.4 is 5.32 Å². The average Bonchev–Trinajstić information content (AvgIpc) is 2.25. The third-order valence-corrected chi connectivity index (χ3v) is 2.79. The Morgan fingerprint density at radius 3 is 2.69 bits per heavy atom. The van der Waals surface area contributed by atoms with Crippen molar-refractivity contribution in [1.29, 1.82) is 0 Å². The second kappa shape index (κ2) is 6.27. The first-order valence-electron chi connectivity index (χ1n) is 4.90. The quantitative estimate of drug-likeness (QED) is 0.815. The molecule has 0 spiro atoms. The number of benzene rings is 1. The maximum Gasteiger partial charge on any atom is 0.286 e. The lowest BCUT2D eigenvalue weighted by Crippen LogP contribution is -2.32. The summed E-state index contributed by atoms with van der Waals surface area (Å²) in [5.74, 6) is -2.88. The van der Waals surface area contributed by atoms with Crippen LogP contribution in [0.25, 0.3) is 0 Å². The van der Waals surface area contributed by atoms with Gasteiger partial charge in [-0.05, 0) is 6.07 Å². The highest BCUT2D eigenvalue weighted by Gasteiger charge is 2.32. The highest BCUT2D eigenvalue weighted by Crippen LogP contribution is 2.32. The summed E-state index contributed by atoms with van der Waals surface area (Å²) < 4.78 is 32.6. The van der Waals surface area contributed by atoms with Crippen molar-refractivity contribution in [2.45, 2.75) is 5.92 Å². The third kappa shape index (κ3) is 3.81. The summed E-state index contributed by atoms with van der Waals surface area (Å²) in [5, 5.41) is 2.66. The molecule has 0 aliphatic heterocycles. The number of methoxy groups -OCH3 is 1. The van der Waals surface area contributed by atoms with Crippen molar-refractivity contribution in [1.82, 2.24) is 5.32 Å². The van der Waals surface area contributed by atoms with Crippen LogP contribution in [0.3, 0.4) is 0 Å². The van der Waals surface area contributed by atoms with Crippen LogP contribution in [-0.2, 0) is 10.7 Å².